The Kier molecular flexibility index (Phi) is 10.8. The molecule has 0 aromatic rings. The van der Waals surface area contributed by atoms with E-state index in [0.717, 1.165) is 0 Å². The van der Waals surface area contributed by atoms with Crippen molar-refractivity contribution in [3.8, 4) is 0 Å². The van der Waals surface area contributed by atoms with Crippen molar-refractivity contribution in [3.05, 3.63) is 0 Å². The van der Waals surface area contributed by atoms with E-state index in [2.05, 4.69) is 63.7 Å². The van der Waals surface area contributed by atoms with E-state index in [1.165, 1.54) is 18.5 Å². The molecule has 0 aliphatic carbocycles. The molecular weight excluding hydrogens is 436 g/mol. The Morgan fingerprint density at radius 2 is 1.18 bits per heavy atom. The van der Waals surface area contributed by atoms with Crippen molar-refractivity contribution in [3.63, 3.8) is 0 Å². The summed E-state index contributed by atoms with van der Waals surface area (Å²) in [5.41, 5.74) is 0. The van der Waals surface area contributed by atoms with Gasteiger partial charge in [-0.15, -0.1) is 0 Å². The fourth-order valence-electron chi connectivity index (χ4n) is 0.774. The minimum Gasteiger partial charge on any atom is -0.0810 e. The molecule has 0 saturated heterocycles. The molecule has 0 radical (unpaired) electrons. The van der Waals surface area contributed by atoms with E-state index in [0.29, 0.717) is 6.72 Å². The van der Waals surface area contributed by atoms with Crippen LogP contribution in [0, 0.1) is 0 Å². The molecular formula is C5H12Br4Si2. The highest BCUT2D eigenvalue weighted by molar-refractivity contribution is 9.25. The zero-order chi connectivity index (χ0) is 8.69. The Bertz CT molecular complexity index is 78.6. The van der Waals surface area contributed by atoms with Crippen molar-refractivity contribution < 1.29 is 0 Å². The first-order valence-corrected chi connectivity index (χ1v) is 11.0. The summed E-state index contributed by atoms with van der Waals surface area (Å²) in [4.78, 5) is 0. The number of rotatable bonds is 6. The fourth-order valence-corrected chi connectivity index (χ4v) is 7.27. The van der Waals surface area contributed by atoms with Crippen LogP contribution in [-0.4, -0.2) is 25.8 Å². The SMILES string of the molecule is BrC(Br)[SiH2]CCC[SiH2]C(Br)Br. The van der Waals surface area contributed by atoms with Crippen molar-refractivity contribution in [2.75, 3.05) is 0 Å². The van der Waals surface area contributed by atoms with Crippen LogP contribution in [-0.2, 0) is 0 Å². The molecule has 0 rings (SSSR count). The van der Waals surface area contributed by atoms with Crippen molar-refractivity contribution >= 4 is 82.8 Å². The van der Waals surface area contributed by atoms with Gasteiger partial charge < -0.3 is 0 Å². The first kappa shape index (κ1) is 13.4. The van der Waals surface area contributed by atoms with Crippen LogP contribution in [0.15, 0.2) is 0 Å². The third-order valence-corrected chi connectivity index (χ3v) is 9.53. The number of hydrogen-bond donors (Lipinski definition) is 0. The topological polar surface area (TPSA) is 0 Å². The fraction of sp³-hybridized carbons (Fsp3) is 1.00. The van der Waals surface area contributed by atoms with Gasteiger partial charge in [0.05, 0.1) is 6.72 Å². The predicted octanol–water partition coefficient (Wildman–Crippen LogP) is 2.70. The maximum absolute atomic E-state index is 3.53. The van der Waals surface area contributed by atoms with Gasteiger partial charge in [-0.2, -0.15) is 0 Å². The summed E-state index contributed by atoms with van der Waals surface area (Å²) in [6.07, 6.45) is 1.44. The van der Waals surface area contributed by atoms with Gasteiger partial charge in [0.1, 0.15) is 0 Å². The molecule has 0 fully saturated rings. The van der Waals surface area contributed by atoms with Gasteiger partial charge in [-0.05, 0) is 0 Å². The van der Waals surface area contributed by atoms with Crippen LogP contribution >= 0.6 is 63.7 Å². The monoisotopic (exact) mass is 444 g/mol. The number of hydrogen-bond acceptors (Lipinski definition) is 0. The van der Waals surface area contributed by atoms with Gasteiger partial charge >= 0.3 is 0 Å². The summed E-state index contributed by atoms with van der Waals surface area (Å²) in [6.45, 7) is 0. The van der Waals surface area contributed by atoms with E-state index in [9.17, 15) is 0 Å². The molecule has 11 heavy (non-hydrogen) atoms. The first-order chi connectivity index (χ1) is 5.13. The van der Waals surface area contributed by atoms with Gasteiger partial charge in [0.25, 0.3) is 0 Å². The smallest absolute Gasteiger partial charge is 0.0551 e. The lowest BCUT2D eigenvalue weighted by molar-refractivity contribution is 1.06. The molecule has 0 unspecified atom stereocenters. The number of halogens is 4. The summed E-state index contributed by atoms with van der Waals surface area (Å²) in [5, 5.41) is 0. The second kappa shape index (κ2) is 8.93. The highest BCUT2D eigenvalue weighted by atomic mass is 79.9. The Morgan fingerprint density at radius 1 is 0.818 bits per heavy atom. The zero-order valence-electron chi connectivity index (χ0n) is 6.20. The summed E-state index contributed by atoms with van der Waals surface area (Å²) in [7, 11) is 0.252. The normalized spacial score (nSPS) is 13.6. The Labute approximate surface area is 107 Å². The third-order valence-electron chi connectivity index (χ3n) is 1.34. The van der Waals surface area contributed by atoms with E-state index in [-0.39, 0.29) is 19.0 Å². The molecule has 0 aliphatic rings. The van der Waals surface area contributed by atoms with Gasteiger partial charge in [-0.1, -0.05) is 82.2 Å². The van der Waals surface area contributed by atoms with E-state index >= 15 is 0 Å². The van der Waals surface area contributed by atoms with Crippen LogP contribution in [0.2, 0.25) is 12.1 Å². The van der Waals surface area contributed by atoms with Gasteiger partial charge in [0.15, 0.2) is 0 Å². The van der Waals surface area contributed by atoms with Gasteiger partial charge in [-0.3, -0.25) is 0 Å². The molecule has 0 bridgehead atoms. The average molecular weight is 448 g/mol. The molecule has 68 valence electrons. The molecule has 0 aliphatic heterocycles. The van der Waals surface area contributed by atoms with Gasteiger partial charge in [0.2, 0.25) is 0 Å². The Hall–Kier alpha value is 2.35. The molecule has 0 aromatic heterocycles. The third kappa shape index (κ3) is 12.4. The molecule has 0 nitrogen and oxygen atoms in total. The summed E-state index contributed by atoms with van der Waals surface area (Å²) in [5.74, 6) is 0. The summed E-state index contributed by atoms with van der Waals surface area (Å²) >= 11 is 14.1. The minimum atomic E-state index is 0.126. The van der Waals surface area contributed by atoms with E-state index in [4.69, 9.17) is 0 Å². The van der Waals surface area contributed by atoms with Crippen LogP contribution in [0.5, 0.6) is 0 Å². The van der Waals surface area contributed by atoms with Crippen LogP contribution in [0.25, 0.3) is 0 Å². The molecule has 0 atom stereocenters. The molecule has 0 N–H and O–H groups in total. The van der Waals surface area contributed by atoms with E-state index < -0.39 is 0 Å². The molecule has 6 heteroatoms. The predicted molar refractivity (Wildman–Crippen MR) is 74.6 cm³/mol. The molecule has 0 spiro atoms. The van der Waals surface area contributed by atoms with E-state index in [1.807, 2.05) is 0 Å². The average Bonchev–Trinajstić information content (AvgIpc) is 1.85. The lowest BCUT2D eigenvalue weighted by Gasteiger charge is -2.01. The standard InChI is InChI=1S/C5H12Br4Si2/c6-4(7)10-2-1-3-11-5(8)9/h4-5H,1-3,10-11H2. The van der Waals surface area contributed by atoms with Crippen LogP contribution < -0.4 is 0 Å². The maximum Gasteiger partial charge on any atom is 0.0551 e. The summed E-state index contributed by atoms with van der Waals surface area (Å²) < 4.78 is 1.31. The zero-order valence-corrected chi connectivity index (χ0v) is 15.4. The van der Waals surface area contributed by atoms with Gasteiger partial charge in [0, 0.05) is 19.0 Å². The van der Waals surface area contributed by atoms with E-state index in [1.54, 1.807) is 0 Å². The lowest BCUT2D eigenvalue weighted by atomic mass is 10.6. The van der Waals surface area contributed by atoms with Gasteiger partial charge in [-0.25, -0.2) is 0 Å². The van der Waals surface area contributed by atoms with Crippen LogP contribution in [0.4, 0.5) is 0 Å². The summed E-state index contributed by atoms with van der Waals surface area (Å²) in [6, 6.07) is 2.95. The highest BCUT2D eigenvalue weighted by Crippen LogP contribution is 2.12. The van der Waals surface area contributed by atoms with Crippen LogP contribution in [0.3, 0.4) is 0 Å². The van der Waals surface area contributed by atoms with Crippen molar-refractivity contribution in [2.45, 2.75) is 25.2 Å². The second-order valence-corrected chi connectivity index (χ2v) is 18.3. The molecule has 0 amide bonds. The van der Waals surface area contributed by atoms with Crippen molar-refractivity contribution in [1.82, 2.24) is 0 Å². The quantitative estimate of drug-likeness (QED) is 0.334. The largest absolute Gasteiger partial charge is 0.0810 e. The second-order valence-electron chi connectivity index (χ2n) is 2.42. The highest BCUT2D eigenvalue weighted by Gasteiger charge is 2.00. The molecule has 0 saturated carbocycles. The Balaban J connectivity index is 2.91. The van der Waals surface area contributed by atoms with Crippen LogP contribution in [0.1, 0.15) is 6.42 Å². The lowest BCUT2D eigenvalue weighted by Crippen LogP contribution is -2.03. The van der Waals surface area contributed by atoms with Crippen molar-refractivity contribution in [2.24, 2.45) is 0 Å². The minimum absolute atomic E-state index is 0.126. The molecule has 0 aromatic carbocycles. The first-order valence-electron chi connectivity index (χ1n) is 3.69. The Morgan fingerprint density at radius 3 is 1.45 bits per heavy atom. The number of alkyl halides is 4. The molecule has 0 heterocycles. The maximum atomic E-state index is 3.53. The van der Waals surface area contributed by atoms with Crippen molar-refractivity contribution in [1.29, 1.82) is 0 Å².